The topological polar surface area (TPSA) is 52.7 Å². The Morgan fingerprint density at radius 1 is 1.11 bits per heavy atom. The zero-order chi connectivity index (χ0) is 20.1. The third-order valence-corrected chi connectivity index (χ3v) is 5.51. The summed E-state index contributed by atoms with van der Waals surface area (Å²) >= 11 is 1.63. The van der Waals surface area contributed by atoms with Crippen molar-refractivity contribution in [2.45, 2.75) is 11.8 Å². The number of hydrogen-bond donors (Lipinski definition) is 1. The average molecular weight is 402 g/mol. The van der Waals surface area contributed by atoms with Crippen LogP contribution in [0.3, 0.4) is 0 Å². The number of piperazine rings is 1. The molecule has 0 aromatic heterocycles. The monoisotopic (exact) mass is 401 g/mol. The van der Waals surface area contributed by atoms with Crippen LogP contribution < -0.4 is 10.2 Å². The number of nitrogens with one attached hydrogen (secondary N) is 1. The van der Waals surface area contributed by atoms with E-state index in [-0.39, 0.29) is 17.5 Å². The van der Waals surface area contributed by atoms with Crippen LogP contribution in [0.1, 0.15) is 17.3 Å². The van der Waals surface area contributed by atoms with Gasteiger partial charge in [0.2, 0.25) is 5.91 Å². The van der Waals surface area contributed by atoms with Crippen molar-refractivity contribution in [2.24, 2.45) is 0 Å². The number of anilines is 2. The molecular formula is C21H24FN3O2S. The highest BCUT2D eigenvalue weighted by Gasteiger charge is 2.21. The number of hydrogen-bond acceptors (Lipinski definition) is 5. The molecule has 0 saturated carbocycles. The lowest BCUT2D eigenvalue weighted by Crippen LogP contribution is -2.48. The lowest BCUT2D eigenvalue weighted by molar-refractivity contribution is -0.117. The summed E-state index contributed by atoms with van der Waals surface area (Å²) in [6.07, 6.45) is 2.00. The fourth-order valence-electron chi connectivity index (χ4n) is 3.23. The lowest BCUT2D eigenvalue weighted by atomic mass is 10.1. The Hall–Kier alpha value is -2.38. The highest BCUT2D eigenvalue weighted by atomic mass is 32.2. The summed E-state index contributed by atoms with van der Waals surface area (Å²) in [4.78, 5) is 28.8. The normalized spacial score (nSPS) is 14.8. The van der Waals surface area contributed by atoms with E-state index in [1.807, 2.05) is 35.4 Å². The summed E-state index contributed by atoms with van der Waals surface area (Å²) in [5.41, 5.74) is 1.67. The Labute approximate surface area is 168 Å². The Balaban J connectivity index is 1.52. The molecule has 0 unspecified atom stereocenters. The van der Waals surface area contributed by atoms with Gasteiger partial charge in [0.05, 0.1) is 12.2 Å². The smallest absolute Gasteiger partial charge is 0.238 e. The molecule has 28 heavy (non-hydrogen) atoms. The highest BCUT2D eigenvalue weighted by Crippen LogP contribution is 2.22. The first-order valence-corrected chi connectivity index (χ1v) is 10.4. The first-order valence-electron chi connectivity index (χ1n) is 9.18. The fourth-order valence-corrected chi connectivity index (χ4v) is 3.69. The number of carbonyl (C=O) groups is 2. The quantitative estimate of drug-likeness (QED) is 0.593. The minimum Gasteiger partial charge on any atom is -0.367 e. The predicted molar refractivity (Wildman–Crippen MR) is 112 cm³/mol. The van der Waals surface area contributed by atoms with Crippen LogP contribution in [0.4, 0.5) is 15.8 Å². The number of rotatable bonds is 6. The van der Waals surface area contributed by atoms with Crippen molar-refractivity contribution in [3.8, 4) is 0 Å². The Kier molecular flexibility index (Phi) is 6.70. The molecule has 0 spiro atoms. The maximum atomic E-state index is 14.3. The first kappa shape index (κ1) is 20.4. The molecule has 1 fully saturated rings. The summed E-state index contributed by atoms with van der Waals surface area (Å²) < 4.78 is 14.3. The van der Waals surface area contributed by atoms with Gasteiger partial charge in [-0.25, -0.2) is 4.39 Å². The van der Waals surface area contributed by atoms with Crippen LogP contribution >= 0.6 is 11.8 Å². The molecule has 1 saturated heterocycles. The number of ketones is 1. The van der Waals surface area contributed by atoms with Crippen LogP contribution in [0, 0.1) is 5.82 Å². The van der Waals surface area contributed by atoms with Gasteiger partial charge < -0.3 is 10.2 Å². The molecule has 1 amide bonds. The SMILES string of the molecule is CSc1cccc(NC(=O)CN2CCN(c3ccc(C(C)=O)cc3F)CC2)c1. The number of Topliss-reactive ketones (excluding diaryl/α,β-unsaturated/α-hetero) is 1. The molecule has 1 aliphatic heterocycles. The number of nitrogens with zero attached hydrogens (tertiary/aromatic N) is 2. The first-order chi connectivity index (χ1) is 13.5. The zero-order valence-corrected chi connectivity index (χ0v) is 16.9. The lowest BCUT2D eigenvalue weighted by Gasteiger charge is -2.35. The van der Waals surface area contributed by atoms with E-state index in [4.69, 9.17) is 0 Å². The molecule has 2 aromatic rings. The van der Waals surface area contributed by atoms with Crippen molar-refractivity contribution in [3.63, 3.8) is 0 Å². The maximum Gasteiger partial charge on any atom is 0.238 e. The second-order valence-corrected chi connectivity index (χ2v) is 7.65. The minimum absolute atomic E-state index is 0.0521. The molecular weight excluding hydrogens is 377 g/mol. The number of carbonyl (C=O) groups excluding carboxylic acids is 2. The molecule has 148 valence electrons. The van der Waals surface area contributed by atoms with Gasteiger partial charge in [0.1, 0.15) is 5.82 Å². The molecule has 0 atom stereocenters. The predicted octanol–water partition coefficient (Wildman–Crippen LogP) is 3.51. The van der Waals surface area contributed by atoms with Gasteiger partial charge in [-0.3, -0.25) is 14.5 Å². The van der Waals surface area contributed by atoms with Gasteiger partial charge in [-0.15, -0.1) is 11.8 Å². The number of thioether (sulfide) groups is 1. The van der Waals surface area contributed by atoms with Crippen LogP contribution in [0.25, 0.3) is 0 Å². The number of benzene rings is 2. The minimum atomic E-state index is -0.382. The standard InChI is InChI=1S/C21H24FN3O2S/c1-15(26)16-6-7-20(19(22)12-16)25-10-8-24(9-11-25)14-21(27)23-17-4-3-5-18(13-17)28-2/h3-7,12-13H,8-11,14H2,1-2H3,(H,23,27). The van der Waals surface area contributed by atoms with E-state index >= 15 is 0 Å². The Morgan fingerprint density at radius 2 is 1.86 bits per heavy atom. The van der Waals surface area contributed by atoms with Crippen molar-refractivity contribution in [3.05, 3.63) is 53.8 Å². The summed E-state index contributed by atoms with van der Waals surface area (Å²) in [5, 5.41) is 2.93. The van der Waals surface area contributed by atoms with E-state index in [1.54, 1.807) is 23.9 Å². The van der Waals surface area contributed by atoms with Crippen LogP contribution in [-0.2, 0) is 4.79 Å². The van der Waals surface area contributed by atoms with Gasteiger partial charge in [-0.05, 0) is 49.6 Å². The van der Waals surface area contributed by atoms with Gasteiger partial charge in [-0.2, -0.15) is 0 Å². The molecule has 3 rings (SSSR count). The van der Waals surface area contributed by atoms with Gasteiger partial charge in [0.15, 0.2) is 5.78 Å². The summed E-state index contributed by atoms with van der Waals surface area (Å²) in [5.74, 6) is -0.583. The van der Waals surface area contributed by atoms with Gasteiger partial charge in [-0.1, -0.05) is 6.07 Å². The van der Waals surface area contributed by atoms with E-state index in [0.29, 0.717) is 44.0 Å². The van der Waals surface area contributed by atoms with Crippen molar-refractivity contribution in [1.82, 2.24) is 4.90 Å². The molecule has 2 aromatic carbocycles. The van der Waals surface area contributed by atoms with E-state index in [0.717, 1.165) is 10.6 Å². The third kappa shape index (κ3) is 5.11. The Bertz CT molecular complexity index is 866. The second kappa shape index (κ2) is 9.21. The van der Waals surface area contributed by atoms with E-state index in [2.05, 4.69) is 10.2 Å². The molecule has 1 aliphatic rings. The average Bonchev–Trinajstić information content (AvgIpc) is 2.68. The van der Waals surface area contributed by atoms with Crippen LogP contribution in [0.5, 0.6) is 0 Å². The molecule has 1 heterocycles. The van der Waals surface area contributed by atoms with E-state index in [9.17, 15) is 14.0 Å². The fraction of sp³-hybridized carbons (Fsp3) is 0.333. The summed E-state index contributed by atoms with van der Waals surface area (Å²) in [6.45, 7) is 4.34. The molecule has 1 N–H and O–H groups in total. The molecule has 0 radical (unpaired) electrons. The van der Waals surface area contributed by atoms with E-state index < -0.39 is 0 Å². The second-order valence-electron chi connectivity index (χ2n) is 6.77. The zero-order valence-electron chi connectivity index (χ0n) is 16.1. The molecule has 0 bridgehead atoms. The Morgan fingerprint density at radius 3 is 2.50 bits per heavy atom. The van der Waals surface area contributed by atoms with Crippen LogP contribution in [-0.4, -0.2) is 55.6 Å². The van der Waals surface area contributed by atoms with Crippen molar-refractivity contribution < 1.29 is 14.0 Å². The summed E-state index contributed by atoms with van der Waals surface area (Å²) in [6, 6.07) is 12.4. The molecule has 5 nitrogen and oxygen atoms in total. The van der Waals surface area contributed by atoms with Crippen molar-refractivity contribution in [1.29, 1.82) is 0 Å². The van der Waals surface area contributed by atoms with Crippen molar-refractivity contribution >= 4 is 34.8 Å². The van der Waals surface area contributed by atoms with Crippen LogP contribution in [0.15, 0.2) is 47.4 Å². The third-order valence-electron chi connectivity index (χ3n) is 4.79. The number of amides is 1. The van der Waals surface area contributed by atoms with Gasteiger partial charge in [0.25, 0.3) is 0 Å². The van der Waals surface area contributed by atoms with E-state index in [1.165, 1.54) is 13.0 Å². The maximum absolute atomic E-state index is 14.3. The highest BCUT2D eigenvalue weighted by molar-refractivity contribution is 7.98. The summed E-state index contributed by atoms with van der Waals surface area (Å²) in [7, 11) is 0. The largest absolute Gasteiger partial charge is 0.367 e. The van der Waals surface area contributed by atoms with Gasteiger partial charge >= 0.3 is 0 Å². The number of halogens is 1. The van der Waals surface area contributed by atoms with Gasteiger partial charge in [0, 0.05) is 42.3 Å². The van der Waals surface area contributed by atoms with Crippen molar-refractivity contribution in [2.75, 3.05) is 49.2 Å². The molecule has 7 heteroatoms. The molecule has 0 aliphatic carbocycles. The van der Waals surface area contributed by atoms with Crippen LogP contribution in [0.2, 0.25) is 0 Å².